The summed E-state index contributed by atoms with van der Waals surface area (Å²) in [6.07, 6.45) is -0.721. The third kappa shape index (κ3) is 4.91. The molecule has 2 amide bonds. The summed E-state index contributed by atoms with van der Waals surface area (Å²) >= 11 is 0. The predicted octanol–water partition coefficient (Wildman–Crippen LogP) is 4.78. The minimum atomic E-state index is -1.43. The van der Waals surface area contributed by atoms with E-state index < -0.39 is 35.4 Å². The first-order valence-corrected chi connectivity index (χ1v) is 10.8. The maximum atomic E-state index is 13.5. The van der Waals surface area contributed by atoms with E-state index in [-0.39, 0.29) is 24.6 Å². The van der Waals surface area contributed by atoms with Crippen LogP contribution in [0.25, 0.3) is 11.1 Å². The number of anilines is 1. The molecule has 0 saturated carbocycles. The van der Waals surface area contributed by atoms with Crippen LogP contribution < -0.4 is 10.6 Å². The molecule has 0 fully saturated rings. The number of carboxylic acid groups (broad SMARTS) is 1. The van der Waals surface area contributed by atoms with E-state index >= 15 is 0 Å². The van der Waals surface area contributed by atoms with E-state index in [1.165, 1.54) is 6.07 Å². The number of rotatable bonds is 7. The largest absolute Gasteiger partial charge is 0.478 e. The molecule has 0 saturated heterocycles. The van der Waals surface area contributed by atoms with E-state index in [0.717, 1.165) is 34.4 Å². The first-order valence-electron chi connectivity index (χ1n) is 10.8. The number of hydrogen-bond acceptors (Lipinski definition) is 4. The summed E-state index contributed by atoms with van der Waals surface area (Å²) in [5, 5.41) is 14.1. The van der Waals surface area contributed by atoms with E-state index in [2.05, 4.69) is 22.8 Å². The van der Waals surface area contributed by atoms with Gasteiger partial charge in [0, 0.05) is 24.1 Å². The molecule has 0 aliphatic heterocycles. The summed E-state index contributed by atoms with van der Waals surface area (Å²) in [6, 6.07) is 18.8. The average molecular weight is 462 g/mol. The van der Waals surface area contributed by atoms with Crippen LogP contribution in [-0.4, -0.2) is 35.7 Å². The Balaban J connectivity index is 1.30. The average Bonchev–Trinajstić information content (AvgIpc) is 3.12. The van der Waals surface area contributed by atoms with E-state index in [0.29, 0.717) is 0 Å². The number of alkyl carbamates (subject to hydrolysis) is 1. The van der Waals surface area contributed by atoms with Gasteiger partial charge in [-0.3, -0.25) is 4.79 Å². The van der Waals surface area contributed by atoms with Crippen LogP contribution in [-0.2, 0) is 9.53 Å². The number of nitrogens with one attached hydrogen (secondary N) is 2. The summed E-state index contributed by atoms with van der Waals surface area (Å²) in [6.45, 7) is 1.81. The third-order valence-corrected chi connectivity index (χ3v) is 5.68. The molecule has 0 radical (unpaired) electrons. The number of hydrogen-bond donors (Lipinski definition) is 3. The van der Waals surface area contributed by atoms with Crippen molar-refractivity contribution in [1.29, 1.82) is 0 Å². The number of aromatic carboxylic acids is 1. The summed E-state index contributed by atoms with van der Waals surface area (Å²) in [7, 11) is 0. The van der Waals surface area contributed by atoms with Gasteiger partial charge in [0.25, 0.3) is 0 Å². The Morgan fingerprint density at radius 3 is 2.24 bits per heavy atom. The number of fused-ring (bicyclic) bond motifs is 3. The zero-order chi connectivity index (χ0) is 24.2. The van der Waals surface area contributed by atoms with Gasteiger partial charge in [-0.2, -0.15) is 0 Å². The van der Waals surface area contributed by atoms with Gasteiger partial charge in [-0.25, -0.2) is 14.0 Å². The Bertz CT molecular complexity index is 1210. The highest BCUT2D eigenvalue weighted by molar-refractivity contribution is 5.94. The molecule has 34 heavy (non-hydrogen) atoms. The van der Waals surface area contributed by atoms with E-state index in [1.54, 1.807) is 6.92 Å². The van der Waals surface area contributed by atoms with E-state index in [9.17, 15) is 18.8 Å². The number of halogens is 1. The topological polar surface area (TPSA) is 105 Å². The summed E-state index contributed by atoms with van der Waals surface area (Å²) in [5.74, 6) is -2.86. The fraction of sp³-hybridized carbons (Fsp3) is 0.192. The van der Waals surface area contributed by atoms with Gasteiger partial charge in [0.05, 0.1) is 5.56 Å². The molecule has 1 aliphatic carbocycles. The van der Waals surface area contributed by atoms with Crippen molar-refractivity contribution in [2.45, 2.75) is 25.3 Å². The maximum Gasteiger partial charge on any atom is 0.407 e. The molecule has 0 bridgehead atoms. The summed E-state index contributed by atoms with van der Waals surface area (Å²) in [5.41, 5.74) is 4.07. The first-order chi connectivity index (χ1) is 16.3. The molecule has 3 N–H and O–H groups in total. The van der Waals surface area contributed by atoms with Gasteiger partial charge in [-0.05, 0) is 47.4 Å². The predicted molar refractivity (Wildman–Crippen MR) is 124 cm³/mol. The Morgan fingerprint density at radius 1 is 1.00 bits per heavy atom. The molecular weight excluding hydrogens is 439 g/mol. The van der Waals surface area contributed by atoms with Crippen LogP contribution in [0.1, 0.15) is 40.7 Å². The number of carbonyl (C=O) groups excluding carboxylic acids is 2. The van der Waals surface area contributed by atoms with Gasteiger partial charge in [-0.1, -0.05) is 48.5 Å². The highest BCUT2D eigenvalue weighted by atomic mass is 19.1. The molecule has 8 heteroatoms. The third-order valence-electron chi connectivity index (χ3n) is 5.68. The molecule has 0 heterocycles. The normalized spacial score (nSPS) is 12.9. The molecule has 1 atom stereocenters. The maximum absolute atomic E-state index is 13.5. The lowest BCUT2D eigenvalue weighted by molar-refractivity contribution is -0.116. The molecule has 7 nitrogen and oxygen atoms in total. The lowest BCUT2D eigenvalue weighted by atomic mass is 9.98. The Hall–Kier alpha value is -4.20. The summed E-state index contributed by atoms with van der Waals surface area (Å²) in [4.78, 5) is 35.7. The van der Waals surface area contributed by atoms with Crippen LogP contribution in [0.3, 0.4) is 0 Å². The van der Waals surface area contributed by atoms with Crippen molar-refractivity contribution in [3.8, 4) is 11.1 Å². The second-order valence-electron chi connectivity index (χ2n) is 8.12. The van der Waals surface area contributed by atoms with Crippen molar-refractivity contribution in [2.75, 3.05) is 11.9 Å². The number of amides is 2. The molecular formula is C26H23FN2O5. The van der Waals surface area contributed by atoms with Gasteiger partial charge in [0.1, 0.15) is 12.4 Å². The van der Waals surface area contributed by atoms with Crippen LogP contribution in [0.5, 0.6) is 0 Å². The minimum Gasteiger partial charge on any atom is -0.478 e. The quantitative estimate of drug-likeness (QED) is 0.469. The lowest BCUT2D eigenvalue weighted by Crippen LogP contribution is -2.36. The van der Waals surface area contributed by atoms with E-state index in [4.69, 9.17) is 9.84 Å². The van der Waals surface area contributed by atoms with Crippen molar-refractivity contribution in [3.05, 3.63) is 89.2 Å². The van der Waals surface area contributed by atoms with Crippen LogP contribution in [0.15, 0.2) is 66.7 Å². The van der Waals surface area contributed by atoms with Crippen LogP contribution in [0.4, 0.5) is 14.9 Å². The Morgan fingerprint density at radius 2 is 1.62 bits per heavy atom. The molecule has 1 aliphatic rings. The SMILES string of the molecule is C[C@@H](CC(=O)Nc1ccc(F)c(C(=O)O)c1)NC(=O)OCC1c2ccccc2-c2ccccc21. The molecule has 3 aromatic rings. The zero-order valence-corrected chi connectivity index (χ0v) is 18.4. The molecule has 4 rings (SSSR count). The van der Waals surface area contributed by atoms with Crippen molar-refractivity contribution in [1.82, 2.24) is 5.32 Å². The fourth-order valence-corrected chi connectivity index (χ4v) is 4.15. The molecule has 174 valence electrons. The Kier molecular flexibility index (Phi) is 6.58. The number of carboxylic acids is 1. The second kappa shape index (κ2) is 9.74. The van der Waals surface area contributed by atoms with Crippen molar-refractivity contribution >= 4 is 23.7 Å². The van der Waals surface area contributed by atoms with Crippen molar-refractivity contribution < 1.29 is 28.6 Å². The van der Waals surface area contributed by atoms with Crippen LogP contribution >= 0.6 is 0 Å². The van der Waals surface area contributed by atoms with Crippen molar-refractivity contribution in [2.24, 2.45) is 0 Å². The van der Waals surface area contributed by atoms with Gasteiger partial charge in [0.15, 0.2) is 0 Å². The molecule has 0 spiro atoms. The molecule has 0 aromatic heterocycles. The van der Waals surface area contributed by atoms with Gasteiger partial charge in [0.2, 0.25) is 5.91 Å². The van der Waals surface area contributed by atoms with Gasteiger partial charge >= 0.3 is 12.1 Å². The first kappa shape index (κ1) is 23.0. The Labute approximate surface area is 195 Å². The smallest absolute Gasteiger partial charge is 0.407 e. The number of carbonyl (C=O) groups is 3. The fourth-order valence-electron chi connectivity index (χ4n) is 4.15. The number of benzene rings is 3. The second-order valence-corrected chi connectivity index (χ2v) is 8.12. The highest BCUT2D eigenvalue weighted by Crippen LogP contribution is 2.44. The van der Waals surface area contributed by atoms with Gasteiger partial charge < -0.3 is 20.5 Å². The highest BCUT2D eigenvalue weighted by Gasteiger charge is 2.29. The number of ether oxygens (including phenoxy) is 1. The summed E-state index contributed by atoms with van der Waals surface area (Å²) < 4.78 is 19.0. The van der Waals surface area contributed by atoms with Crippen LogP contribution in [0.2, 0.25) is 0 Å². The lowest BCUT2D eigenvalue weighted by Gasteiger charge is -2.17. The van der Waals surface area contributed by atoms with Crippen LogP contribution in [0, 0.1) is 5.82 Å². The molecule has 3 aromatic carbocycles. The zero-order valence-electron chi connectivity index (χ0n) is 18.4. The van der Waals surface area contributed by atoms with E-state index in [1.807, 2.05) is 36.4 Å². The molecule has 0 unspecified atom stereocenters. The minimum absolute atomic E-state index is 0.0707. The standard InChI is InChI=1S/C26H23FN2O5/c1-15(12-24(30)29-16-10-11-23(27)21(13-16)25(31)32)28-26(33)34-14-22-19-8-4-2-6-17(19)18-7-3-5-9-20(18)22/h2-11,13,15,22H,12,14H2,1H3,(H,28,33)(H,29,30)(H,31,32)/t15-/m0/s1. The monoisotopic (exact) mass is 462 g/mol. The van der Waals surface area contributed by atoms with Gasteiger partial charge in [-0.15, -0.1) is 0 Å². The van der Waals surface area contributed by atoms with Crippen molar-refractivity contribution in [3.63, 3.8) is 0 Å².